The van der Waals surface area contributed by atoms with Crippen molar-refractivity contribution in [3.63, 3.8) is 0 Å². The third kappa shape index (κ3) is 5.09. The number of imidazole rings is 1. The normalized spacial score (nSPS) is 17.1. The Kier molecular flexibility index (Phi) is 6.62. The van der Waals surface area contributed by atoms with Gasteiger partial charge in [-0.3, -0.25) is 0 Å². The van der Waals surface area contributed by atoms with Gasteiger partial charge >= 0.3 is 6.01 Å². The van der Waals surface area contributed by atoms with Gasteiger partial charge in [-0.2, -0.15) is 9.97 Å². The number of allylic oxidation sites excluding steroid dienone is 2. The fraction of sp³-hybridized carbons (Fsp3) is 0.367. The van der Waals surface area contributed by atoms with E-state index < -0.39 is 0 Å². The molecule has 1 fully saturated rings. The number of hydrogen-bond donors (Lipinski definition) is 2. The van der Waals surface area contributed by atoms with Gasteiger partial charge in [0.1, 0.15) is 5.82 Å². The first-order chi connectivity index (χ1) is 18.1. The average molecular weight is 495 g/mol. The number of aryl methyl sites for hydroxylation is 1. The molecule has 1 aliphatic heterocycles. The van der Waals surface area contributed by atoms with Gasteiger partial charge in [0, 0.05) is 12.6 Å². The Morgan fingerprint density at radius 1 is 1.03 bits per heavy atom. The minimum atomic E-state index is 0.312. The molecule has 7 heteroatoms. The zero-order chi connectivity index (χ0) is 25.2. The SMILES string of the molecule is Cc1nc2c(N)nc3nc2n1Cc1ccc(-c2ccc(CNC4CCC4)cc2)c(c1)C/C=C/CCCO3. The van der Waals surface area contributed by atoms with E-state index in [1.165, 1.54) is 47.1 Å². The molecular weight excluding hydrogens is 460 g/mol. The molecule has 190 valence electrons. The molecular formula is C30H34N6O. The van der Waals surface area contributed by atoms with Crippen LogP contribution in [-0.2, 0) is 19.5 Å². The van der Waals surface area contributed by atoms with Crippen molar-refractivity contribution in [2.24, 2.45) is 0 Å². The van der Waals surface area contributed by atoms with Crippen LogP contribution in [0.2, 0.25) is 0 Å². The lowest BCUT2D eigenvalue weighted by molar-refractivity contribution is 0.289. The molecule has 6 rings (SSSR count). The molecule has 7 nitrogen and oxygen atoms in total. The Morgan fingerprint density at radius 3 is 2.70 bits per heavy atom. The van der Waals surface area contributed by atoms with Crippen molar-refractivity contribution in [2.45, 2.75) is 64.6 Å². The predicted octanol–water partition coefficient (Wildman–Crippen LogP) is 5.35. The van der Waals surface area contributed by atoms with Crippen molar-refractivity contribution in [3.05, 3.63) is 77.1 Å². The maximum absolute atomic E-state index is 6.21. The van der Waals surface area contributed by atoms with E-state index in [-0.39, 0.29) is 0 Å². The van der Waals surface area contributed by atoms with Crippen molar-refractivity contribution in [2.75, 3.05) is 12.3 Å². The first kappa shape index (κ1) is 23.7. The first-order valence-corrected chi connectivity index (χ1v) is 13.4. The van der Waals surface area contributed by atoms with Crippen LogP contribution in [-0.4, -0.2) is 32.2 Å². The number of nitrogens with zero attached hydrogens (tertiary/aromatic N) is 4. The number of aromatic nitrogens is 4. The Bertz CT molecular complexity index is 1430. The maximum atomic E-state index is 6.21. The molecule has 0 unspecified atom stereocenters. The average Bonchev–Trinajstić information content (AvgIpc) is 3.18. The highest BCUT2D eigenvalue weighted by molar-refractivity contribution is 5.82. The Morgan fingerprint density at radius 2 is 1.89 bits per heavy atom. The van der Waals surface area contributed by atoms with Crippen LogP contribution >= 0.6 is 0 Å². The zero-order valence-electron chi connectivity index (χ0n) is 21.4. The molecule has 4 bridgehead atoms. The van der Waals surface area contributed by atoms with E-state index >= 15 is 0 Å². The number of nitrogens with one attached hydrogen (secondary N) is 1. The van der Waals surface area contributed by atoms with E-state index in [2.05, 4.69) is 79.5 Å². The molecule has 0 spiro atoms. The number of hydrogen-bond acceptors (Lipinski definition) is 6. The summed E-state index contributed by atoms with van der Waals surface area (Å²) in [5.74, 6) is 1.21. The fourth-order valence-electron chi connectivity index (χ4n) is 5.11. The summed E-state index contributed by atoms with van der Waals surface area (Å²) in [4.78, 5) is 13.6. The van der Waals surface area contributed by atoms with Gasteiger partial charge in [0.15, 0.2) is 17.0 Å². The first-order valence-electron chi connectivity index (χ1n) is 13.4. The van der Waals surface area contributed by atoms with Crippen molar-refractivity contribution in [3.8, 4) is 17.1 Å². The van der Waals surface area contributed by atoms with E-state index in [0.717, 1.165) is 31.6 Å². The topological polar surface area (TPSA) is 90.9 Å². The van der Waals surface area contributed by atoms with Crippen molar-refractivity contribution >= 4 is 17.0 Å². The Hall–Kier alpha value is -3.71. The molecule has 3 N–H and O–H groups in total. The van der Waals surface area contributed by atoms with Gasteiger partial charge in [-0.25, -0.2) is 4.98 Å². The molecule has 1 saturated carbocycles. The van der Waals surface area contributed by atoms with Crippen LogP contribution in [0.1, 0.15) is 54.6 Å². The third-order valence-electron chi connectivity index (χ3n) is 7.52. The van der Waals surface area contributed by atoms with E-state index in [9.17, 15) is 0 Å². The molecule has 1 aliphatic carbocycles. The molecule has 0 atom stereocenters. The second kappa shape index (κ2) is 10.3. The van der Waals surface area contributed by atoms with Gasteiger partial charge in [-0.05, 0) is 66.8 Å². The molecule has 3 heterocycles. The molecule has 0 saturated heterocycles. The molecule has 37 heavy (non-hydrogen) atoms. The standard InChI is InChI=1S/C30H34N6O/c1-20-33-27-28(31)34-30-35-29(27)36(20)19-22-12-15-26(24(17-22)7-4-2-3-5-16-37-30)23-13-10-21(11-14-23)18-32-25-8-6-9-25/h2,4,10-15,17,25,32H,3,5-9,16,18-19H2,1H3,(H2,31,34,35)/b4-2+. The molecule has 0 radical (unpaired) electrons. The summed E-state index contributed by atoms with van der Waals surface area (Å²) in [5.41, 5.74) is 13.9. The summed E-state index contributed by atoms with van der Waals surface area (Å²) >= 11 is 0. The number of benzene rings is 2. The Labute approximate surface area is 217 Å². The van der Waals surface area contributed by atoms with Crippen LogP contribution in [0.25, 0.3) is 22.3 Å². The van der Waals surface area contributed by atoms with Crippen LogP contribution in [0, 0.1) is 6.92 Å². The predicted molar refractivity (Wildman–Crippen MR) is 148 cm³/mol. The van der Waals surface area contributed by atoms with Gasteiger partial charge in [0.2, 0.25) is 0 Å². The van der Waals surface area contributed by atoms with Crippen LogP contribution in [0.5, 0.6) is 6.01 Å². The fourth-order valence-corrected chi connectivity index (χ4v) is 5.11. The summed E-state index contributed by atoms with van der Waals surface area (Å²) in [6.45, 7) is 4.12. The highest BCUT2D eigenvalue weighted by Crippen LogP contribution is 2.29. The van der Waals surface area contributed by atoms with Gasteiger partial charge in [-0.15, -0.1) is 0 Å². The number of ether oxygens (including phenoxy) is 1. The maximum Gasteiger partial charge on any atom is 0.320 e. The van der Waals surface area contributed by atoms with Crippen LogP contribution in [0.3, 0.4) is 0 Å². The monoisotopic (exact) mass is 494 g/mol. The van der Waals surface area contributed by atoms with Crippen molar-refractivity contribution in [1.29, 1.82) is 0 Å². The summed E-state index contributed by atoms with van der Waals surface area (Å²) in [5, 5.41) is 3.66. The summed E-state index contributed by atoms with van der Waals surface area (Å²) in [6, 6.07) is 16.8. The van der Waals surface area contributed by atoms with Crippen molar-refractivity contribution in [1.82, 2.24) is 24.8 Å². The van der Waals surface area contributed by atoms with Crippen LogP contribution in [0.15, 0.2) is 54.6 Å². The highest BCUT2D eigenvalue weighted by atomic mass is 16.5. The van der Waals surface area contributed by atoms with E-state index in [4.69, 9.17) is 10.5 Å². The van der Waals surface area contributed by atoms with Crippen LogP contribution < -0.4 is 15.8 Å². The van der Waals surface area contributed by atoms with Gasteiger partial charge in [0.05, 0.1) is 13.2 Å². The minimum absolute atomic E-state index is 0.312. The third-order valence-corrected chi connectivity index (χ3v) is 7.52. The van der Waals surface area contributed by atoms with E-state index in [1.54, 1.807) is 0 Å². The lowest BCUT2D eigenvalue weighted by Gasteiger charge is -2.26. The zero-order valence-corrected chi connectivity index (χ0v) is 21.4. The molecule has 2 aliphatic rings. The molecule has 0 amide bonds. The summed E-state index contributed by atoms with van der Waals surface area (Å²) in [6.07, 6.45) is 11.2. The van der Waals surface area contributed by atoms with Crippen LogP contribution in [0.4, 0.5) is 5.82 Å². The van der Waals surface area contributed by atoms with Gasteiger partial charge in [0.25, 0.3) is 0 Å². The van der Waals surface area contributed by atoms with E-state index in [1.807, 2.05) is 6.92 Å². The lowest BCUT2D eigenvalue weighted by atomic mass is 9.92. The Balaban J connectivity index is 1.33. The quantitative estimate of drug-likeness (QED) is 0.372. The largest absolute Gasteiger partial charge is 0.463 e. The molecule has 2 aromatic carbocycles. The lowest BCUT2D eigenvalue weighted by Crippen LogP contribution is -2.34. The number of fused-ring (bicyclic) bond motifs is 3. The number of nitrogen functional groups attached to an aromatic ring is 1. The van der Waals surface area contributed by atoms with Gasteiger partial charge in [-0.1, -0.05) is 61.0 Å². The highest BCUT2D eigenvalue weighted by Gasteiger charge is 2.17. The summed E-state index contributed by atoms with van der Waals surface area (Å²) in [7, 11) is 0. The van der Waals surface area contributed by atoms with E-state index in [0.29, 0.717) is 42.2 Å². The smallest absolute Gasteiger partial charge is 0.320 e. The number of anilines is 1. The second-order valence-corrected chi connectivity index (χ2v) is 10.2. The molecule has 4 aromatic rings. The number of nitrogens with two attached hydrogens (primary N) is 1. The molecule has 2 aromatic heterocycles. The second-order valence-electron chi connectivity index (χ2n) is 10.2. The number of rotatable bonds is 4. The van der Waals surface area contributed by atoms with Gasteiger partial charge < -0.3 is 20.4 Å². The minimum Gasteiger partial charge on any atom is -0.463 e. The summed E-state index contributed by atoms with van der Waals surface area (Å²) < 4.78 is 7.92. The van der Waals surface area contributed by atoms with Crippen molar-refractivity contribution < 1.29 is 4.74 Å².